The maximum absolute atomic E-state index is 5.78. The topological polar surface area (TPSA) is 12.5 Å². The summed E-state index contributed by atoms with van der Waals surface area (Å²) in [4.78, 5) is 3.82. The van der Waals surface area contributed by atoms with Crippen molar-refractivity contribution in [3.8, 4) is 5.75 Å². The van der Waals surface area contributed by atoms with Gasteiger partial charge in [-0.1, -0.05) is 18.2 Å². The Hall–Kier alpha value is -0.840. The summed E-state index contributed by atoms with van der Waals surface area (Å²) in [6.45, 7) is 3.68. The Morgan fingerprint density at radius 2 is 2.17 bits per heavy atom. The van der Waals surface area contributed by atoms with E-state index in [9.17, 15) is 0 Å². The number of para-hydroxylation sites is 1. The average Bonchev–Trinajstić information content (AvgIpc) is 2.66. The highest BCUT2D eigenvalue weighted by molar-refractivity contribution is 9.10. The predicted octanol–water partition coefficient (Wildman–Crippen LogP) is 3.91. The molecule has 1 aromatic carbocycles. The minimum absolute atomic E-state index is 0.764. The van der Waals surface area contributed by atoms with E-state index in [1.165, 1.54) is 14.9 Å². The van der Waals surface area contributed by atoms with Crippen LogP contribution in [-0.4, -0.2) is 18.1 Å². The lowest BCUT2D eigenvalue weighted by molar-refractivity contribution is 0.221. The first-order chi connectivity index (χ1) is 8.83. The molecule has 0 saturated heterocycles. The van der Waals surface area contributed by atoms with Crippen molar-refractivity contribution in [3.63, 3.8) is 0 Å². The molecule has 0 aliphatic carbocycles. The number of hydrogen-bond acceptors (Lipinski definition) is 3. The summed E-state index contributed by atoms with van der Waals surface area (Å²) < 4.78 is 6.99. The fourth-order valence-electron chi connectivity index (χ4n) is 2.16. The van der Waals surface area contributed by atoms with Gasteiger partial charge in [-0.15, -0.1) is 11.3 Å². The van der Waals surface area contributed by atoms with Crippen LogP contribution in [0, 0.1) is 0 Å². The monoisotopic (exact) mass is 323 g/mol. The van der Waals surface area contributed by atoms with E-state index in [-0.39, 0.29) is 0 Å². The van der Waals surface area contributed by atoms with Gasteiger partial charge in [0.2, 0.25) is 0 Å². The van der Waals surface area contributed by atoms with Crippen LogP contribution in [0.4, 0.5) is 0 Å². The molecule has 0 amide bonds. The molecule has 0 unspecified atom stereocenters. The molecule has 2 aromatic rings. The molecule has 1 aromatic heterocycles. The number of benzene rings is 1. The minimum atomic E-state index is 0.764. The fourth-order valence-corrected chi connectivity index (χ4v) is 3.67. The van der Waals surface area contributed by atoms with Crippen molar-refractivity contribution in [1.29, 1.82) is 0 Å². The van der Waals surface area contributed by atoms with E-state index >= 15 is 0 Å². The maximum atomic E-state index is 5.78. The first-order valence-corrected chi connectivity index (χ1v) is 7.65. The molecule has 3 rings (SSSR count). The first-order valence-electron chi connectivity index (χ1n) is 5.98. The molecule has 0 spiro atoms. The zero-order valence-electron chi connectivity index (χ0n) is 9.93. The Morgan fingerprint density at radius 3 is 3.00 bits per heavy atom. The molecule has 94 valence electrons. The summed E-state index contributed by atoms with van der Waals surface area (Å²) in [6, 6.07) is 10.4. The lowest BCUT2D eigenvalue weighted by atomic mass is 10.2. The molecule has 2 nitrogen and oxygen atoms in total. The lowest BCUT2D eigenvalue weighted by Crippen LogP contribution is -2.24. The van der Waals surface area contributed by atoms with Crippen LogP contribution >= 0.6 is 27.3 Å². The van der Waals surface area contributed by atoms with Gasteiger partial charge in [-0.25, -0.2) is 0 Å². The van der Waals surface area contributed by atoms with E-state index in [0.717, 1.165) is 32.0 Å². The third-order valence-corrected chi connectivity index (χ3v) is 5.00. The summed E-state index contributed by atoms with van der Waals surface area (Å²) in [5.74, 6) is 1.03. The maximum Gasteiger partial charge on any atom is 0.123 e. The molecular formula is C14H14BrNOS. The molecule has 1 aliphatic rings. The van der Waals surface area contributed by atoms with Gasteiger partial charge in [0.25, 0.3) is 0 Å². The van der Waals surface area contributed by atoms with E-state index in [4.69, 9.17) is 4.74 Å². The smallest absolute Gasteiger partial charge is 0.123 e. The van der Waals surface area contributed by atoms with Crippen LogP contribution in [0.2, 0.25) is 0 Å². The molecular weight excluding hydrogens is 310 g/mol. The van der Waals surface area contributed by atoms with Crippen molar-refractivity contribution in [2.75, 3.05) is 13.2 Å². The standard InChI is InChI=1S/C14H14BrNOS/c15-12-5-8-18-14(12)10-16-6-7-17-13-4-2-1-3-11(13)9-16/h1-5,8H,6-7,9-10H2. The average molecular weight is 324 g/mol. The van der Waals surface area contributed by atoms with Crippen molar-refractivity contribution < 1.29 is 4.74 Å². The van der Waals surface area contributed by atoms with Crippen molar-refractivity contribution >= 4 is 27.3 Å². The molecule has 0 saturated carbocycles. The van der Waals surface area contributed by atoms with Crippen LogP contribution < -0.4 is 4.74 Å². The molecule has 1 aliphatic heterocycles. The van der Waals surface area contributed by atoms with Gasteiger partial charge in [-0.05, 0) is 33.4 Å². The summed E-state index contributed by atoms with van der Waals surface area (Å²) in [6.07, 6.45) is 0. The number of ether oxygens (including phenoxy) is 1. The number of hydrogen-bond donors (Lipinski definition) is 0. The lowest BCUT2D eigenvalue weighted by Gasteiger charge is -2.18. The second-order valence-electron chi connectivity index (χ2n) is 4.36. The first kappa shape index (κ1) is 12.2. The van der Waals surface area contributed by atoms with Crippen molar-refractivity contribution in [2.24, 2.45) is 0 Å². The van der Waals surface area contributed by atoms with Gasteiger partial charge in [0.15, 0.2) is 0 Å². The normalized spacial score (nSPS) is 15.8. The van der Waals surface area contributed by atoms with Crippen LogP contribution in [0.25, 0.3) is 0 Å². The SMILES string of the molecule is Brc1ccsc1CN1CCOc2ccccc2C1. The quantitative estimate of drug-likeness (QED) is 0.831. The van der Waals surface area contributed by atoms with Crippen LogP contribution in [-0.2, 0) is 13.1 Å². The zero-order chi connectivity index (χ0) is 12.4. The van der Waals surface area contributed by atoms with E-state index in [1.807, 2.05) is 6.07 Å². The van der Waals surface area contributed by atoms with Crippen LogP contribution in [0.1, 0.15) is 10.4 Å². The van der Waals surface area contributed by atoms with Gasteiger partial charge in [0.1, 0.15) is 12.4 Å². The number of thiophene rings is 1. The van der Waals surface area contributed by atoms with Crippen molar-refractivity contribution in [2.45, 2.75) is 13.1 Å². The summed E-state index contributed by atoms with van der Waals surface area (Å²) in [7, 11) is 0. The molecule has 18 heavy (non-hydrogen) atoms. The Balaban J connectivity index is 1.77. The van der Waals surface area contributed by atoms with E-state index in [1.54, 1.807) is 11.3 Å². The number of nitrogens with zero attached hydrogens (tertiary/aromatic N) is 1. The van der Waals surface area contributed by atoms with Gasteiger partial charge < -0.3 is 4.74 Å². The van der Waals surface area contributed by atoms with Gasteiger partial charge >= 0.3 is 0 Å². The van der Waals surface area contributed by atoms with Crippen molar-refractivity contribution in [1.82, 2.24) is 4.90 Å². The summed E-state index contributed by atoms with van der Waals surface area (Å²) in [5.41, 5.74) is 1.28. The van der Waals surface area contributed by atoms with Gasteiger partial charge in [0.05, 0.1) is 0 Å². The largest absolute Gasteiger partial charge is 0.492 e. The Labute approximate surface area is 119 Å². The van der Waals surface area contributed by atoms with E-state index in [0.29, 0.717) is 0 Å². The highest BCUT2D eigenvalue weighted by atomic mass is 79.9. The minimum Gasteiger partial charge on any atom is -0.492 e. The fraction of sp³-hybridized carbons (Fsp3) is 0.286. The molecule has 0 N–H and O–H groups in total. The Kier molecular flexibility index (Phi) is 3.68. The third kappa shape index (κ3) is 2.60. The van der Waals surface area contributed by atoms with Crippen LogP contribution in [0.5, 0.6) is 5.75 Å². The van der Waals surface area contributed by atoms with Gasteiger partial charge in [0, 0.05) is 34.5 Å². The van der Waals surface area contributed by atoms with Gasteiger partial charge in [-0.3, -0.25) is 4.90 Å². The Bertz CT molecular complexity index is 540. The molecule has 2 heterocycles. The number of halogens is 1. The molecule has 4 heteroatoms. The highest BCUT2D eigenvalue weighted by Gasteiger charge is 2.16. The second-order valence-corrected chi connectivity index (χ2v) is 6.21. The molecule has 0 bridgehead atoms. The van der Waals surface area contributed by atoms with Crippen LogP contribution in [0.15, 0.2) is 40.2 Å². The highest BCUT2D eigenvalue weighted by Crippen LogP contribution is 2.27. The van der Waals surface area contributed by atoms with Crippen molar-refractivity contribution in [3.05, 3.63) is 50.6 Å². The van der Waals surface area contributed by atoms with Gasteiger partial charge in [-0.2, -0.15) is 0 Å². The predicted molar refractivity (Wildman–Crippen MR) is 78.1 cm³/mol. The molecule has 0 radical (unpaired) electrons. The number of fused-ring (bicyclic) bond motifs is 1. The van der Waals surface area contributed by atoms with Crippen LogP contribution in [0.3, 0.4) is 0 Å². The van der Waals surface area contributed by atoms with E-state index in [2.05, 4.69) is 50.5 Å². The zero-order valence-corrected chi connectivity index (χ0v) is 12.3. The Morgan fingerprint density at radius 1 is 1.28 bits per heavy atom. The second kappa shape index (κ2) is 5.43. The molecule has 0 atom stereocenters. The summed E-state index contributed by atoms with van der Waals surface area (Å²) in [5, 5.41) is 2.13. The molecule has 0 fully saturated rings. The van der Waals surface area contributed by atoms with E-state index < -0.39 is 0 Å². The summed E-state index contributed by atoms with van der Waals surface area (Å²) >= 11 is 5.40. The third-order valence-electron chi connectivity index (χ3n) is 3.09. The number of rotatable bonds is 2.